The topological polar surface area (TPSA) is 67.0 Å². The van der Waals surface area contributed by atoms with E-state index in [1.54, 1.807) is 24.3 Å². The Hall–Kier alpha value is -2.50. The molecule has 3 aromatic rings. The first-order valence-electron chi connectivity index (χ1n) is 7.51. The number of aryl methyl sites for hydroxylation is 1. The van der Waals surface area contributed by atoms with Crippen LogP contribution in [0.3, 0.4) is 0 Å². The minimum atomic E-state index is -0.340. The van der Waals surface area contributed by atoms with E-state index in [4.69, 9.17) is 27.9 Å². The van der Waals surface area contributed by atoms with E-state index >= 15 is 0 Å². The maximum absolute atomic E-state index is 12.0. The molecule has 0 unspecified atom stereocenters. The zero-order chi connectivity index (χ0) is 17.8. The monoisotopic (exact) mass is 375 g/mol. The molecule has 0 aliphatic rings. The van der Waals surface area contributed by atoms with E-state index in [1.807, 2.05) is 31.2 Å². The van der Waals surface area contributed by atoms with E-state index < -0.39 is 0 Å². The van der Waals surface area contributed by atoms with Crippen molar-refractivity contribution in [3.8, 4) is 17.0 Å². The fourth-order valence-corrected chi connectivity index (χ4v) is 2.72. The number of carbonyl (C=O) groups excluding carboxylic acids is 1. The molecular formula is C18H15Cl2N3O2. The van der Waals surface area contributed by atoms with Crippen molar-refractivity contribution in [2.45, 2.75) is 6.92 Å². The average molecular weight is 376 g/mol. The number of H-pyrrole nitrogens is 1. The zero-order valence-electron chi connectivity index (χ0n) is 13.3. The molecule has 3 rings (SSSR count). The van der Waals surface area contributed by atoms with Gasteiger partial charge in [-0.25, -0.2) is 0 Å². The zero-order valence-corrected chi connectivity index (χ0v) is 14.9. The first-order chi connectivity index (χ1) is 12.0. The molecule has 1 aromatic heterocycles. The van der Waals surface area contributed by atoms with E-state index in [0.29, 0.717) is 21.6 Å². The Balaban J connectivity index is 1.60. The summed E-state index contributed by atoms with van der Waals surface area (Å²) in [5, 5.41) is 10.5. The SMILES string of the molecule is Cc1cccc(-c2cc(NC(=O)COc3ccc(Cl)cc3Cl)n[nH]2)c1. The second-order valence-corrected chi connectivity index (χ2v) is 6.29. The highest BCUT2D eigenvalue weighted by Crippen LogP contribution is 2.27. The maximum atomic E-state index is 12.0. The van der Waals surface area contributed by atoms with Gasteiger partial charge in [-0.3, -0.25) is 9.89 Å². The molecule has 0 fully saturated rings. The van der Waals surface area contributed by atoms with Crippen molar-refractivity contribution in [2.75, 3.05) is 11.9 Å². The van der Waals surface area contributed by atoms with Crippen molar-refractivity contribution < 1.29 is 9.53 Å². The van der Waals surface area contributed by atoms with Crippen LogP contribution in [0.25, 0.3) is 11.3 Å². The van der Waals surface area contributed by atoms with Gasteiger partial charge in [0.2, 0.25) is 0 Å². The number of amides is 1. The Kier molecular flexibility index (Phi) is 5.26. The van der Waals surface area contributed by atoms with Crippen molar-refractivity contribution in [3.05, 3.63) is 64.1 Å². The lowest BCUT2D eigenvalue weighted by atomic mass is 10.1. The number of rotatable bonds is 5. The second kappa shape index (κ2) is 7.59. The number of hydrogen-bond donors (Lipinski definition) is 2. The van der Waals surface area contributed by atoms with Crippen LogP contribution in [0, 0.1) is 6.92 Å². The molecule has 7 heteroatoms. The number of aromatic amines is 1. The average Bonchev–Trinajstić information content (AvgIpc) is 3.02. The number of ether oxygens (including phenoxy) is 1. The van der Waals surface area contributed by atoms with Crippen molar-refractivity contribution in [1.29, 1.82) is 0 Å². The Morgan fingerprint density at radius 1 is 1.20 bits per heavy atom. The third kappa shape index (κ3) is 4.53. The van der Waals surface area contributed by atoms with Gasteiger partial charge in [0.1, 0.15) is 5.75 Å². The summed E-state index contributed by atoms with van der Waals surface area (Å²) in [7, 11) is 0. The summed E-state index contributed by atoms with van der Waals surface area (Å²) in [6.07, 6.45) is 0. The third-order valence-corrected chi connectivity index (χ3v) is 3.96. The molecule has 5 nitrogen and oxygen atoms in total. The highest BCUT2D eigenvalue weighted by Gasteiger charge is 2.10. The van der Waals surface area contributed by atoms with Gasteiger partial charge in [0.05, 0.1) is 10.7 Å². The fraction of sp³-hybridized carbons (Fsp3) is 0.111. The Morgan fingerprint density at radius 3 is 2.80 bits per heavy atom. The largest absolute Gasteiger partial charge is 0.482 e. The van der Waals surface area contributed by atoms with Crippen LogP contribution in [0.1, 0.15) is 5.56 Å². The molecule has 0 atom stereocenters. The van der Waals surface area contributed by atoms with Gasteiger partial charge in [-0.2, -0.15) is 5.10 Å². The summed E-state index contributed by atoms with van der Waals surface area (Å²) < 4.78 is 5.39. The Labute approximate surface area is 154 Å². The third-order valence-electron chi connectivity index (χ3n) is 3.43. The number of nitrogens with zero attached hydrogens (tertiary/aromatic N) is 1. The number of carbonyl (C=O) groups is 1. The van der Waals surface area contributed by atoms with Gasteiger partial charge in [0.25, 0.3) is 5.91 Å². The van der Waals surface area contributed by atoms with Crippen LogP contribution in [0.4, 0.5) is 5.82 Å². The number of benzene rings is 2. The first kappa shape index (κ1) is 17.3. The van der Waals surface area contributed by atoms with E-state index in [-0.39, 0.29) is 12.5 Å². The van der Waals surface area contributed by atoms with Crippen LogP contribution >= 0.6 is 23.2 Å². The van der Waals surface area contributed by atoms with Crippen molar-refractivity contribution in [2.24, 2.45) is 0 Å². The van der Waals surface area contributed by atoms with Gasteiger partial charge < -0.3 is 10.1 Å². The van der Waals surface area contributed by atoms with Crippen LogP contribution in [0.2, 0.25) is 10.0 Å². The summed E-state index contributed by atoms with van der Waals surface area (Å²) in [5.41, 5.74) is 2.96. The molecule has 0 saturated heterocycles. The predicted octanol–water partition coefficient (Wildman–Crippen LogP) is 4.71. The molecule has 2 N–H and O–H groups in total. The van der Waals surface area contributed by atoms with Crippen LogP contribution in [-0.4, -0.2) is 22.7 Å². The first-order valence-corrected chi connectivity index (χ1v) is 8.27. The standard InChI is InChI=1S/C18H15Cl2N3O2/c1-11-3-2-4-12(7-11)15-9-17(23-22-15)21-18(24)10-25-16-6-5-13(19)8-14(16)20/h2-9H,10H2,1H3,(H2,21,22,23,24). The fourth-order valence-electron chi connectivity index (χ4n) is 2.26. The lowest BCUT2D eigenvalue weighted by Crippen LogP contribution is -2.20. The highest BCUT2D eigenvalue weighted by atomic mass is 35.5. The molecule has 0 bridgehead atoms. The quantitative estimate of drug-likeness (QED) is 0.678. The van der Waals surface area contributed by atoms with Crippen LogP contribution in [-0.2, 0) is 4.79 Å². The number of aromatic nitrogens is 2. The van der Waals surface area contributed by atoms with E-state index in [2.05, 4.69) is 15.5 Å². The van der Waals surface area contributed by atoms with Crippen LogP contribution in [0.5, 0.6) is 5.75 Å². The molecule has 1 heterocycles. The van der Waals surface area contributed by atoms with Gasteiger partial charge >= 0.3 is 0 Å². The van der Waals surface area contributed by atoms with Crippen molar-refractivity contribution in [3.63, 3.8) is 0 Å². The second-order valence-electron chi connectivity index (χ2n) is 5.45. The maximum Gasteiger partial charge on any atom is 0.263 e. The molecular weight excluding hydrogens is 361 g/mol. The normalized spacial score (nSPS) is 10.5. The van der Waals surface area contributed by atoms with Crippen LogP contribution < -0.4 is 10.1 Å². The Morgan fingerprint density at radius 2 is 2.04 bits per heavy atom. The van der Waals surface area contributed by atoms with E-state index in [1.165, 1.54) is 0 Å². The van der Waals surface area contributed by atoms with Gasteiger partial charge in [-0.1, -0.05) is 47.0 Å². The number of hydrogen-bond acceptors (Lipinski definition) is 3. The lowest BCUT2D eigenvalue weighted by Gasteiger charge is -2.07. The summed E-state index contributed by atoms with van der Waals surface area (Å²) >= 11 is 11.8. The van der Waals surface area contributed by atoms with E-state index in [9.17, 15) is 4.79 Å². The minimum absolute atomic E-state index is 0.187. The summed E-state index contributed by atoms with van der Waals surface area (Å²) in [6, 6.07) is 14.6. The lowest BCUT2D eigenvalue weighted by molar-refractivity contribution is -0.118. The number of anilines is 1. The van der Waals surface area contributed by atoms with E-state index in [0.717, 1.165) is 16.8 Å². The van der Waals surface area contributed by atoms with Gasteiger partial charge in [0.15, 0.2) is 12.4 Å². The van der Waals surface area contributed by atoms with Gasteiger partial charge in [-0.05, 0) is 36.8 Å². The number of nitrogens with one attached hydrogen (secondary N) is 2. The minimum Gasteiger partial charge on any atom is -0.482 e. The van der Waals surface area contributed by atoms with Crippen molar-refractivity contribution in [1.82, 2.24) is 10.2 Å². The summed E-state index contributed by atoms with van der Waals surface area (Å²) in [4.78, 5) is 12.0. The molecule has 0 saturated carbocycles. The molecule has 0 aliphatic carbocycles. The molecule has 2 aromatic carbocycles. The number of halogens is 2. The molecule has 128 valence electrons. The highest BCUT2D eigenvalue weighted by molar-refractivity contribution is 6.35. The van der Waals surface area contributed by atoms with Crippen LogP contribution in [0.15, 0.2) is 48.5 Å². The van der Waals surface area contributed by atoms with Gasteiger partial charge in [-0.15, -0.1) is 0 Å². The molecule has 25 heavy (non-hydrogen) atoms. The molecule has 0 radical (unpaired) electrons. The van der Waals surface area contributed by atoms with Crippen molar-refractivity contribution >= 4 is 34.9 Å². The smallest absolute Gasteiger partial charge is 0.263 e. The molecule has 0 aliphatic heterocycles. The summed E-state index contributed by atoms with van der Waals surface area (Å²) in [6.45, 7) is 1.83. The molecule has 1 amide bonds. The Bertz CT molecular complexity index is 909. The van der Waals surface area contributed by atoms with Gasteiger partial charge in [0, 0.05) is 11.1 Å². The predicted molar refractivity (Wildman–Crippen MR) is 99.3 cm³/mol. The summed E-state index contributed by atoms with van der Waals surface area (Å²) in [5.74, 6) is 0.476. The molecule has 0 spiro atoms.